The molecule has 1 unspecified atom stereocenters. The summed E-state index contributed by atoms with van der Waals surface area (Å²) < 4.78 is 1.00. The van der Waals surface area contributed by atoms with Crippen LogP contribution in [0.1, 0.15) is 31.9 Å². The summed E-state index contributed by atoms with van der Waals surface area (Å²) in [5, 5.41) is 3.45. The fraction of sp³-hybridized carbons (Fsp3) is 0.417. The standard InChI is InChI=1S/C12H17BrN2/c1-4-5-15-12(9(2)3)10-6-11(13)8-14-7-10/h6-8,12,15H,2,4-5H2,1,3H3. The van der Waals surface area contributed by atoms with Crippen molar-refractivity contribution in [3.63, 3.8) is 0 Å². The molecular formula is C12H17BrN2. The smallest absolute Gasteiger partial charge is 0.0546 e. The maximum atomic E-state index is 4.17. The quantitative estimate of drug-likeness (QED) is 0.828. The zero-order valence-corrected chi connectivity index (χ0v) is 10.8. The normalized spacial score (nSPS) is 12.5. The van der Waals surface area contributed by atoms with Crippen LogP contribution in [0.2, 0.25) is 0 Å². The van der Waals surface area contributed by atoms with Crippen molar-refractivity contribution in [2.75, 3.05) is 6.54 Å². The van der Waals surface area contributed by atoms with E-state index >= 15 is 0 Å². The molecule has 0 saturated heterocycles. The summed E-state index contributed by atoms with van der Waals surface area (Å²) in [7, 11) is 0. The van der Waals surface area contributed by atoms with Crippen molar-refractivity contribution in [1.82, 2.24) is 10.3 Å². The molecular weight excluding hydrogens is 252 g/mol. The van der Waals surface area contributed by atoms with Gasteiger partial charge in [-0.15, -0.1) is 0 Å². The number of aromatic nitrogens is 1. The van der Waals surface area contributed by atoms with E-state index in [1.807, 2.05) is 13.1 Å². The van der Waals surface area contributed by atoms with Crippen molar-refractivity contribution in [2.45, 2.75) is 26.3 Å². The average molecular weight is 269 g/mol. The highest BCUT2D eigenvalue weighted by Crippen LogP contribution is 2.21. The largest absolute Gasteiger partial charge is 0.307 e. The number of pyridine rings is 1. The topological polar surface area (TPSA) is 24.9 Å². The van der Waals surface area contributed by atoms with E-state index in [4.69, 9.17) is 0 Å². The minimum Gasteiger partial charge on any atom is -0.307 e. The summed E-state index contributed by atoms with van der Waals surface area (Å²) >= 11 is 3.43. The van der Waals surface area contributed by atoms with Crippen LogP contribution in [0.4, 0.5) is 0 Å². The second kappa shape index (κ2) is 6.03. The Hall–Kier alpha value is -0.670. The molecule has 2 nitrogen and oxygen atoms in total. The highest BCUT2D eigenvalue weighted by atomic mass is 79.9. The van der Waals surface area contributed by atoms with Gasteiger partial charge in [0.05, 0.1) is 6.04 Å². The van der Waals surface area contributed by atoms with Crippen LogP contribution in [0.3, 0.4) is 0 Å². The van der Waals surface area contributed by atoms with Crippen molar-refractivity contribution < 1.29 is 0 Å². The van der Waals surface area contributed by atoms with Gasteiger partial charge in [0.2, 0.25) is 0 Å². The van der Waals surface area contributed by atoms with Gasteiger partial charge in [0.25, 0.3) is 0 Å². The van der Waals surface area contributed by atoms with E-state index in [1.165, 1.54) is 0 Å². The lowest BCUT2D eigenvalue weighted by Gasteiger charge is -2.18. The number of nitrogens with zero attached hydrogens (tertiary/aromatic N) is 1. The predicted octanol–water partition coefficient (Wildman–Crippen LogP) is 3.46. The van der Waals surface area contributed by atoms with Crippen LogP contribution in [0.25, 0.3) is 0 Å². The summed E-state index contributed by atoms with van der Waals surface area (Å²) in [6, 6.07) is 2.28. The van der Waals surface area contributed by atoms with Gasteiger partial charge in [-0.05, 0) is 47.4 Å². The van der Waals surface area contributed by atoms with Gasteiger partial charge in [0.15, 0.2) is 0 Å². The Morgan fingerprint density at radius 2 is 2.33 bits per heavy atom. The van der Waals surface area contributed by atoms with Crippen molar-refractivity contribution >= 4 is 15.9 Å². The molecule has 0 bridgehead atoms. The molecule has 0 aliphatic heterocycles. The van der Waals surface area contributed by atoms with E-state index in [0.717, 1.165) is 28.6 Å². The number of nitrogens with one attached hydrogen (secondary N) is 1. The molecule has 0 fully saturated rings. The Morgan fingerprint density at radius 1 is 1.60 bits per heavy atom. The average Bonchev–Trinajstić information content (AvgIpc) is 2.18. The first-order chi connectivity index (χ1) is 7.15. The summed E-state index contributed by atoms with van der Waals surface area (Å²) in [5.41, 5.74) is 2.27. The van der Waals surface area contributed by atoms with Crippen molar-refractivity contribution in [1.29, 1.82) is 0 Å². The Kier molecular flexibility index (Phi) is 4.99. The second-order valence-corrected chi connectivity index (χ2v) is 4.59. The number of hydrogen-bond donors (Lipinski definition) is 1. The van der Waals surface area contributed by atoms with Gasteiger partial charge in [0.1, 0.15) is 0 Å². The molecule has 0 aromatic carbocycles. The summed E-state index contributed by atoms with van der Waals surface area (Å²) in [4.78, 5) is 4.17. The van der Waals surface area contributed by atoms with Crippen molar-refractivity contribution in [2.24, 2.45) is 0 Å². The summed E-state index contributed by atoms with van der Waals surface area (Å²) in [5.74, 6) is 0. The van der Waals surface area contributed by atoms with E-state index in [0.29, 0.717) is 0 Å². The Morgan fingerprint density at radius 3 is 2.87 bits per heavy atom. The molecule has 1 rings (SSSR count). The van der Waals surface area contributed by atoms with Crippen LogP contribution < -0.4 is 5.32 Å². The third kappa shape index (κ3) is 3.76. The van der Waals surface area contributed by atoms with Gasteiger partial charge >= 0.3 is 0 Å². The highest BCUT2D eigenvalue weighted by molar-refractivity contribution is 9.10. The van der Waals surface area contributed by atoms with E-state index in [9.17, 15) is 0 Å². The minimum absolute atomic E-state index is 0.204. The lowest BCUT2D eigenvalue weighted by molar-refractivity contribution is 0.589. The molecule has 1 aromatic rings. The van der Waals surface area contributed by atoms with Gasteiger partial charge in [-0.3, -0.25) is 4.98 Å². The molecule has 0 saturated carbocycles. The van der Waals surface area contributed by atoms with Gasteiger partial charge in [-0.25, -0.2) is 0 Å². The first kappa shape index (κ1) is 12.4. The van der Waals surface area contributed by atoms with Crippen molar-refractivity contribution in [3.05, 3.63) is 40.6 Å². The van der Waals surface area contributed by atoms with E-state index in [-0.39, 0.29) is 6.04 Å². The fourth-order valence-electron chi connectivity index (χ4n) is 1.45. The summed E-state index contributed by atoms with van der Waals surface area (Å²) in [6.45, 7) is 9.19. The SMILES string of the molecule is C=C(C)C(NCCC)c1cncc(Br)c1. The van der Waals surface area contributed by atoms with Gasteiger partial charge < -0.3 is 5.32 Å². The first-order valence-electron chi connectivity index (χ1n) is 5.14. The monoisotopic (exact) mass is 268 g/mol. The van der Waals surface area contributed by atoms with Crippen LogP contribution >= 0.6 is 15.9 Å². The lowest BCUT2D eigenvalue weighted by atomic mass is 10.0. The summed E-state index contributed by atoms with van der Waals surface area (Å²) in [6.07, 6.45) is 4.79. The lowest BCUT2D eigenvalue weighted by Crippen LogP contribution is -2.22. The molecule has 0 aliphatic rings. The Labute approximate surface area is 99.9 Å². The zero-order valence-electron chi connectivity index (χ0n) is 9.26. The van der Waals surface area contributed by atoms with Crippen LogP contribution in [-0.4, -0.2) is 11.5 Å². The van der Waals surface area contributed by atoms with Gasteiger partial charge in [-0.2, -0.15) is 0 Å². The molecule has 1 atom stereocenters. The zero-order chi connectivity index (χ0) is 11.3. The predicted molar refractivity (Wildman–Crippen MR) is 67.8 cm³/mol. The maximum Gasteiger partial charge on any atom is 0.0546 e. The van der Waals surface area contributed by atoms with E-state index in [1.54, 1.807) is 6.20 Å². The first-order valence-corrected chi connectivity index (χ1v) is 5.93. The van der Waals surface area contributed by atoms with Crippen LogP contribution in [-0.2, 0) is 0 Å². The molecule has 0 amide bonds. The number of halogens is 1. The third-order valence-electron chi connectivity index (χ3n) is 2.15. The molecule has 0 aliphatic carbocycles. The fourth-order valence-corrected chi connectivity index (χ4v) is 1.83. The minimum atomic E-state index is 0.204. The van der Waals surface area contributed by atoms with Crippen LogP contribution in [0, 0.1) is 0 Å². The van der Waals surface area contributed by atoms with E-state index < -0.39 is 0 Å². The number of rotatable bonds is 5. The van der Waals surface area contributed by atoms with Gasteiger partial charge in [0, 0.05) is 16.9 Å². The highest BCUT2D eigenvalue weighted by Gasteiger charge is 2.11. The molecule has 0 radical (unpaired) electrons. The van der Waals surface area contributed by atoms with Crippen LogP contribution in [0.15, 0.2) is 35.1 Å². The molecule has 1 aromatic heterocycles. The van der Waals surface area contributed by atoms with E-state index in [2.05, 4.69) is 45.8 Å². The van der Waals surface area contributed by atoms with Crippen molar-refractivity contribution in [3.8, 4) is 0 Å². The molecule has 1 N–H and O–H groups in total. The van der Waals surface area contributed by atoms with Crippen LogP contribution in [0.5, 0.6) is 0 Å². The third-order valence-corrected chi connectivity index (χ3v) is 2.58. The molecule has 3 heteroatoms. The molecule has 15 heavy (non-hydrogen) atoms. The Bertz CT molecular complexity index is 336. The molecule has 0 spiro atoms. The second-order valence-electron chi connectivity index (χ2n) is 3.67. The number of hydrogen-bond acceptors (Lipinski definition) is 2. The maximum absolute atomic E-state index is 4.17. The Balaban J connectivity index is 2.84. The molecule has 1 heterocycles. The van der Waals surface area contributed by atoms with Gasteiger partial charge in [-0.1, -0.05) is 19.1 Å². The molecule has 82 valence electrons.